The van der Waals surface area contributed by atoms with Gasteiger partial charge in [0.2, 0.25) is 17.5 Å². The maximum Gasteiger partial charge on any atom is 0.481 e. The van der Waals surface area contributed by atoms with Gasteiger partial charge in [0.15, 0.2) is 17.2 Å². The third-order valence-electron chi connectivity index (χ3n) is 10.6. The summed E-state index contributed by atoms with van der Waals surface area (Å²) in [5.41, 5.74) is 1.57. The molecule has 0 bridgehead atoms. The summed E-state index contributed by atoms with van der Waals surface area (Å²) in [5.74, 6) is -1.90. The van der Waals surface area contributed by atoms with Gasteiger partial charge in [-0.1, -0.05) is 97.8 Å². The Morgan fingerprint density at radius 3 is 2.06 bits per heavy atom. The van der Waals surface area contributed by atoms with Crippen molar-refractivity contribution in [1.29, 1.82) is 0 Å². The first kappa shape index (κ1) is 56.9. The number of nitrogens with one attached hydrogen (secondary N) is 2. The molecule has 65 heavy (non-hydrogen) atoms. The van der Waals surface area contributed by atoms with Crippen LogP contribution in [0.4, 0.5) is 5.82 Å². The number of hydrogen-bond acceptors (Lipinski definition) is 18. The van der Waals surface area contributed by atoms with Gasteiger partial charge in [-0.05, 0) is 6.42 Å². The molecule has 2 aromatic heterocycles. The predicted octanol–water partition coefficient (Wildman–Crippen LogP) is 3.54. The van der Waals surface area contributed by atoms with E-state index < -0.39 is 83.9 Å². The van der Waals surface area contributed by atoms with Crippen LogP contribution in [0.15, 0.2) is 12.7 Å². The van der Waals surface area contributed by atoms with Crippen molar-refractivity contribution in [2.24, 2.45) is 5.41 Å². The first-order chi connectivity index (χ1) is 30.5. The minimum atomic E-state index is -5.71. The third kappa shape index (κ3) is 17.9. The Morgan fingerprint density at radius 1 is 0.892 bits per heavy atom. The standard InChI is InChI=1S/C37H66N7O17P3S/c1-4-5-6-7-8-9-10-11-12-13-14-15-16-17-27(45)37(44-25-43-29-33(38)41-24-42-34(29)44)31(47)30(60-62(50,51)52)26(59-37)22-57-63(53,54)61-64(55,56)58-23-36(2,3)32(48)35(49)40-19-18-28(46)39-20-21-65/h24-26,30-32,47-48,65H,4-23H2,1-3H3,(H,39,46)(H,40,49)(H,53,54)(H,55,56)(H2,38,41,42)(H2,50,51,52)/t26-,30-,31-,32?,37-/m1/s1. The van der Waals surface area contributed by atoms with Gasteiger partial charge in [-0.3, -0.25) is 32.5 Å². The predicted molar refractivity (Wildman–Crippen MR) is 238 cm³/mol. The molecule has 2 aromatic rings. The number of nitrogen functional groups attached to an aromatic ring is 1. The number of aliphatic hydroxyl groups is 2. The van der Waals surface area contributed by atoms with Crippen molar-refractivity contribution < 1.29 is 80.5 Å². The first-order valence-corrected chi connectivity index (χ1v) is 26.7. The van der Waals surface area contributed by atoms with E-state index in [1.54, 1.807) is 0 Å². The molecule has 1 saturated heterocycles. The molecular weight excluding hydrogens is 939 g/mol. The lowest BCUT2D eigenvalue weighted by Crippen LogP contribution is -2.52. The van der Waals surface area contributed by atoms with E-state index in [-0.39, 0.29) is 42.3 Å². The number of unbranched alkanes of at least 4 members (excludes halogenated alkanes) is 12. The molecule has 10 N–H and O–H groups in total. The van der Waals surface area contributed by atoms with Crippen molar-refractivity contribution in [3.05, 3.63) is 12.7 Å². The minimum Gasteiger partial charge on any atom is -0.385 e. The van der Waals surface area contributed by atoms with Gasteiger partial charge < -0.3 is 50.9 Å². The number of hydrogen-bond donors (Lipinski definition) is 10. The molecule has 0 aromatic carbocycles. The summed E-state index contributed by atoms with van der Waals surface area (Å²) in [6.45, 7) is 2.67. The number of ketones is 1. The molecule has 1 fully saturated rings. The van der Waals surface area contributed by atoms with Crippen LogP contribution in [0, 0.1) is 5.41 Å². The molecule has 3 rings (SSSR count). The van der Waals surface area contributed by atoms with E-state index in [4.69, 9.17) is 24.0 Å². The SMILES string of the molecule is CCCCCCCCCCCCCCCC(=O)[C@@]1(n2cnc3c(N)ncnc32)O[C@H](COP(=O)(O)OP(=O)(O)OCC(C)(C)C(O)C(=O)NCCC(=O)NCCS)[C@@H](OP(=O)(O)O)[C@H]1O. The van der Waals surface area contributed by atoms with Crippen LogP contribution in [-0.2, 0) is 56.4 Å². The first-order valence-electron chi connectivity index (χ1n) is 21.6. The zero-order valence-corrected chi connectivity index (χ0v) is 40.5. The Labute approximate surface area is 383 Å². The number of anilines is 1. The molecule has 28 heteroatoms. The quantitative estimate of drug-likeness (QED) is 0.0278. The summed E-state index contributed by atoms with van der Waals surface area (Å²) < 4.78 is 64.2. The van der Waals surface area contributed by atoms with E-state index in [2.05, 4.69) is 49.4 Å². The van der Waals surface area contributed by atoms with E-state index in [0.717, 1.165) is 49.3 Å². The van der Waals surface area contributed by atoms with E-state index in [9.17, 15) is 57.9 Å². The van der Waals surface area contributed by atoms with E-state index in [0.29, 0.717) is 25.1 Å². The van der Waals surface area contributed by atoms with E-state index >= 15 is 0 Å². The maximum atomic E-state index is 14.3. The molecule has 0 aliphatic carbocycles. The maximum absolute atomic E-state index is 14.3. The van der Waals surface area contributed by atoms with Crippen LogP contribution in [0.5, 0.6) is 0 Å². The van der Waals surface area contributed by atoms with E-state index in [1.807, 2.05) is 0 Å². The van der Waals surface area contributed by atoms with Crippen molar-refractivity contribution in [1.82, 2.24) is 30.2 Å². The number of thiol groups is 1. The second-order valence-corrected chi connectivity index (χ2v) is 21.1. The highest BCUT2D eigenvalue weighted by Crippen LogP contribution is 2.61. The highest BCUT2D eigenvalue weighted by Gasteiger charge is 2.63. The molecule has 1 aliphatic rings. The number of nitrogens with zero attached hydrogens (tertiary/aromatic N) is 4. The number of Topliss-reactive ketones (excluding diaryl/α,β-unsaturated/α-hetero) is 1. The topological polar surface area (TPSA) is 364 Å². The fourth-order valence-corrected chi connectivity index (χ4v) is 9.99. The van der Waals surface area contributed by atoms with Gasteiger partial charge in [0.1, 0.15) is 42.6 Å². The number of rotatable bonds is 33. The molecule has 372 valence electrons. The molecule has 0 saturated carbocycles. The Kier molecular flexibility index (Phi) is 23.1. The number of nitrogens with two attached hydrogens (primary N) is 1. The van der Waals surface area contributed by atoms with Gasteiger partial charge >= 0.3 is 23.5 Å². The number of phosphoric ester groups is 3. The van der Waals surface area contributed by atoms with Crippen LogP contribution in [-0.4, -0.2) is 123 Å². The number of phosphoric acid groups is 3. The number of aliphatic hydroxyl groups excluding tert-OH is 2. The third-order valence-corrected chi connectivity index (χ3v) is 13.9. The molecule has 2 amide bonds. The average Bonchev–Trinajstić information content (AvgIpc) is 3.78. The summed E-state index contributed by atoms with van der Waals surface area (Å²) >= 11 is 3.98. The van der Waals surface area contributed by atoms with Crippen LogP contribution in [0.2, 0.25) is 0 Å². The van der Waals surface area contributed by atoms with Gasteiger partial charge in [-0.25, -0.2) is 28.6 Å². The average molecular weight is 1010 g/mol. The Bertz CT molecular complexity index is 1990. The molecule has 24 nitrogen and oxygen atoms in total. The lowest BCUT2D eigenvalue weighted by molar-refractivity contribution is -0.173. The minimum absolute atomic E-state index is 0.0311. The van der Waals surface area contributed by atoms with Crippen LogP contribution in [0.25, 0.3) is 11.2 Å². The molecule has 0 radical (unpaired) electrons. The molecule has 3 heterocycles. The summed E-state index contributed by atoms with van der Waals surface area (Å²) in [6, 6.07) is 0. The van der Waals surface area contributed by atoms with Crippen LogP contribution in [0.1, 0.15) is 117 Å². The van der Waals surface area contributed by atoms with Crippen molar-refractivity contribution in [3.8, 4) is 0 Å². The summed E-state index contributed by atoms with van der Waals surface area (Å²) in [6.07, 6.45) is 6.71. The Hall–Kier alpha value is -2.44. The van der Waals surface area contributed by atoms with Gasteiger partial charge in [0.25, 0.3) is 0 Å². The number of ether oxygens (including phenoxy) is 1. The summed E-state index contributed by atoms with van der Waals surface area (Å²) in [4.78, 5) is 91.3. The normalized spacial score (nSPS) is 21.5. The van der Waals surface area contributed by atoms with Gasteiger partial charge in [0, 0.05) is 37.1 Å². The Balaban J connectivity index is 1.72. The zero-order chi connectivity index (χ0) is 48.5. The largest absolute Gasteiger partial charge is 0.481 e. The van der Waals surface area contributed by atoms with Crippen molar-refractivity contribution >= 4 is 70.7 Å². The number of amides is 2. The van der Waals surface area contributed by atoms with Crippen LogP contribution >= 0.6 is 36.1 Å². The summed E-state index contributed by atoms with van der Waals surface area (Å²) in [5, 5.41) is 27.3. The highest BCUT2D eigenvalue weighted by molar-refractivity contribution is 7.80. The fraction of sp³-hybridized carbons (Fsp3) is 0.784. The Morgan fingerprint density at radius 2 is 1.48 bits per heavy atom. The second-order valence-electron chi connectivity index (χ2n) is 16.4. The van der Waals surface area contributed by atoms with E-state index in [1.165, 1.54) is 52.4 Å². The second kappa shape index (κ2) is 26.4. The smallest absolute Gasteiger partial charge is 0.385 e. The summed E-state index contributed by atoms with van der Waals surface area (Å²) in [7, 11) is -16.8. The van der Waals surface area contributed by atoms with Crippen molar-refractivity contribution in [2.75, 3.05) is 37.8 Å². The lowest BCUT2D eigenvalue weighted by atomic mass is 9.87. The highest BCUT2D eigenvalue weighted by atomic mass is 32.1. The molecular formula is C37H66N7O17P3S. The molecule has 7 atom stereocenters. The van der Waals surface area contributed by atoms with Crippen LogP contribution in [0.3, 0.4) is 0 Å². The number of carbonyl (C=O) groups is 3. The number of imidazole rings is 1. The number of aromatic nitrogens is 4. The monoisotopic (exact) mass is 1010 g/mol. The lowest BCUT2D eigenvalue weighted by Gasteiger charge is -2.32. The van der Waals surface area contributed by atoms with Gasteiger partial charge in [-0.2, -0.15) is 16.9 Å². The number of fused-ring (bicyclic) bond motifs is 1. The zero-order valence-electron chi connectivity index (χ0n) is 36.9. The molecule has 3 unspecified atom stereocenters. The van der Waals surface area contributed by atoms with Gasteiger partial charge in [0.05, 0.1) is 13.2 Å². The van der Waals surface area contributed by atoms with Crippen molar-refractivity contribution in [2.45, 2.75) is 147 Å². The van der Waals surface area contributed by atoms with Gasteiger partial charge in [-0.15, -0.1) is 0 Å². The molecule has 0 spiro atoms. The van der Waals surface area contributed by atoms with Crippen LogP contribution < -0.4 is 16.4 Å². The number of carbonyl (C=O) groups excluding carboxylic acids is 3. The fourth-order valence-electron chi connectivity index (χ4n) is 7.06. The van der Waals surface area contributed by atoms with Crippen molar-refractivity contribution in [3.63, 3.8) is 0 Å². The molecule has 1 aliphatic heterocycles.